The fourth-order valence-electron chi connectivity index (χ4n) is 1.15. The van der Waals surface area contributed by atoms with Gasteiger partial charge in [0.2, 0.25) is 0 Å². The number of nitrogens with one attached hydrogen (secondary N) is 1. The number of alkyl halides is 2. The monoisotopic (exact) mass is 283 g/mol. The largest absolute Gasteiger partial charge is 0.376 e. The van der Waals surface area contributed by atoms with Gasteiger partial charge in [0.1, 0.15) is 0 Å². The van der Waals surface area contributed by atoms with Crippen LogP contribution in [0.2, 0.25) is 5.02 Å². The van der Waals surface area contributed by atoms with Crippen LogP contribution >= 0.6 is 11.6 Å². The summed E-state index contributed by atoms with van der Waals surface area (Å²) in [7, 11) is -3.38. The highest BCUT2D eigenvalue weighted by molar-refractivity contribution is 7.90. The van der Waals surface area contributed by atoms with E-state index in [-0.39, 0.29) is 15.6 Å². The van der Waals surface area contributed by atoms with Gasteiger partial charge in [0.25, 0.3) is 6.43 Å². The van der Waals surface area contributed by atoms with E-state index >= 15 is 0 Å². The van der Waals surface area contributed by atoms with Gasteiger partial charge in [-0.25, -0.2) is 17.2 Å². The Morgan fingerprint density at radius 3 is 2.41 bits per heavy atom. The molecule has 0 heterocycles. The summed E-state index contributed by atoms with van der Waals surface area (Å²) in [5.41, 5.74) is 0.183. The molecule has 1 unspecified atom stereocenters. The van der Waals surface area contributed by atoms with Crippen LogP contribution in [0, 0.1) is 0 Å². The molecule has 0 aromatic heterocycles. The van der Waals surface area contributed by atoms with E-state index in [1.165, 1.54) is 25.1 Å². The van der Waals surface area contributed by atoms with Gasteiger partial charge in [-0.05, 0) is 25.1 Å². The summed E-state index contributed by atoms with van der Waals surface area (Å²) in [6, 6.07) is 2.83. The standard InChI is InChI=1S/C10H12ClF2NO2S/c1-6(10(12)13)14-9-5-7(17(2,15)16)3-4-8(9)11/h3-6,10,14H,1-2H3. The number of halogens is 3. The molecule has 7 heteroatoms. The highest BCUT2D eigenvalue weighted by atomic mass is 35.5. The number of benzene rings is 1. The molecule has 1 atom stereocenters. The van der Waals surface area contributed by atoms with Crippen LogP contribution in [0.25, 0.3) is 0 Å². The van der Waals surface area contributed by atoms with Gasteiger partial charge in [0, 0.05) is 6.26 Å². The minimum Gasteiger partial charge on any atom is -0.376 e. The zero-order valence-electron chi connectivity index (χ0n) is 9.25. The molecule has 0 radical (unpaired) electrons. The van der Waals surface area contributed by atoms with Crippen molar-refractivity contribution in [2.45, 2.75) is 24.3 Å². The number of rotatable bonds is 4. The Hall–Kier alpha value is -0.880. The highest BCUT2D eigenvalue weighted by Gasteiger charge is 2.17. The molecule has 96 valence electrons. The maximum atomic E-state index is 12.4. The van der Waals surface area contributed by atoms with E-state index in [0.717, 1.165) is 6.26 Å². The van der Waals surface area contributed by atoms with Gasteiger partial charge in [-0.3, -0.25) is 0 Å². The predicted octanol–water partition coefficient (Wildman–Crippen LogP) is 2.81. The lowest BCUT2D eigenvalue weighted by atomic mass is 10.2. The lowest BCUT2D eigenvalue weighted by molar-refractivity contribution is 0.131. The van der Waals surface area contributed by atoms with Crippen LogP contribution < -0.4 is 5.32 Å². The smallest absolute Gasteiger partial charge is 0.258 e. The minimum atomic E-state index is -3.38. The molecule has 17 heavy (non-hydrogen) atoms. The molecule has 0 fully saturated rings. The van der Waals surface area contributed by atoms with Crippen molar-refractivity contribution in [3.63, 3.8) is 0 Å². The zero-order chi connectivity index (χ0) is 13.2. The fourth-order valence-corrected chi connectivity index (χ4v) is 1.97. The van der Waals surface area contributed by atoms with E-state index in [1.54, 1.807) is 0 Å². The van der Waals surface area contributed by atoms with Crippen LogP contribution in [0.1, 0.15) is 6.92 Å². The summed E-state index contributed by atoms with van der Waals surface area (Å²) in [4.78, 5) is 0.0332. The van der Waals surface area contributed by atoms with Gasteiger partial charge in [-0.1, -0.05) is 11.6 Å². The summed E-state index contributed by atoms with van der Waals surface area (Å²) in [6.07, 6.45) is -1.52. The van der Waals surface area contributed by atoms with E-state index in [1.807, 2.05) is 0 Å². The number of sulfone groups is 1. The number of hydrogen-bond donors (Lipinski definition) is 1. The SMILES string of the molecule is CC(Nc1cc(S(C)(=O)=O)ccc1Cl)C(F)F. The number of hydrogen-bond acceptors (Lipinski definition) is 3. The third-order valence-electron chi connectivity index (χ3n) is 2.13. The van der Waals surface area contributed by atoms with Crippen molar-refractivity contribution in [1.82, 2.24) is 0 Å². The van der Waals surface area contributed by atoms with Crippen molar-refractivity contribution in [3.8, 4) is 0 Å². The summed E-state index contributed by atoms with van der Waals surface area (Å²) in [5, 5.41) is 2.67. The molecule has 1 aromatic carbocycles. The van der Waals surface area contributed by atoms with Gasteiger partial charge >= 0.3 is 0 Å². The molecule has 0 spiro atoms. The first-order valence-electron chi connectivity index (χ1n) is 4.76. The van der Waals surface area contributed by atoms with Crippen molar-refractivity contribution < 1.29 is 17.2 Å². The molecule has 0 bridgehead atoms. The quantitative estimate of drug-likeness (QED) is 0.924. The number of anilines is 1. The molecule has 3 nitrogen and oxygen atoms in total. The van der Waals surface area contributed by atoms with E-state index in [4.69, 9.17) is 11.6 Å². The summed E-state index contributed by atoms with van der Waals surface area (Å²) in [6.45, 7) is 1.29. The molecule has 1 rings (SSSR count). The normalized spacial score (nSPS) is 13.8. The Morgan fingerprint density at radius 2 is 1.94 bits per heavy atom. The Morgan fingerprint density at radius 1 is 1.35 bits per heavy atom. The minimum absolute atomic E-state index is 0.0332. The van der Waals surface area contributed by atoms with Crippen LogP contribution in [0.4, 0.5) is 14.5 Å². The second-order valence-electron chi connectivity index (χ2n) is 3.68. The molecule has 0 saturated carbocycles. The second kappa shape index (κ2) is 5.18. The van der Waals surface area contributed by atoms with Gasteiger partial charge in [0.15, 0.2) is 9.84 Å². The van der Waals surface area contributed by atoms with Crippen LogP contribution in [-0.2, 0) is 9.84 Å². The lowest BCUT2D eigenvalue weighted by Crippen LogP contribution is -2.24. The second-order valence-corrected chi connectivity index (χ2v) is 6.10. The van der Waals surface area contributed by atoms with Crippen molar-refractivity contribution >= 4 is 27.1 Å². The van der Waals surface area contributed by atoms with Crippen LogP contribution in [0.3, 0.4) is 0 Å². The molecule has 0 aliphatic rings. The lowest BCUT2D eigenvalue weighted by Gasteiger charge is -2.15. The van der Waals surface area contributed by atoms with Gasteiger partial charge in [0.05, 0.1) is 21.6 Å². The maximum absolute atomic E-state index is 12.4. The summed E-state index contributed by atoms with van der Waals surface area (Å²) >= 11 is 5.79. The Balaban J connectivity index is 3.08. The summed E-state index contributed by atoms with van der Waals surface area (Å²) < 4.78 is 47.3. The van der Waals surface area contributed by atoms with Crippen molar-refractivity contribution in [2.24, 2.45) is 0 Å². The molecule has 0 aliphatic heterocycles. The molecule has 0 saturated heterocycles. The molecule has 0 amide bonds. The van der Waals surface area contributed by atoms with E-state index in [2.05, 4.69) is 5.32 Å². The van der Waals surface area contributed by atoms with Crippen LogP contribution in [0.5, 0.6) is 0 Å². The van der Waals surface area contributed by atoms with Crippen molar-refractivity contribution in [2.75, 3.05) is 11.6 Å². The Labute approximate surface area is 104 Å². The van der Waals surface area contributed by atoms with Crippen LogP contribution in [0.15, 0.2) is 23.1 Å². The molecular weight excluding hydrogens is 272 g/mol. The predicted molar refractivity (Wildman–Crippen MR) is 63.7 cm³/mol. The average molecular weight is 284 g/mol. The van der Waals surface area contributed by atoms with Crippen molar-refractivity contribution in [3.05, 3.63) is 23.2 Å². The van der Waals surface area contributed by atoms with Crippen molar-refractivity contribution in [1.29, 1.82) is 0 Å². The Kier molecular flexibility index (Phi) is 4.32. The van der Waals surface area contributed by atoms with E-state index in [9.17, 15) is 17.2 Å². The Bertz CT molecular complexity index is 505. The first-order valence-corrected chi connectivity index (χ1v) is 7.03. The topological polar surface area (TPSA) is 46.2 Å². The summed E-state index contributed by atoms with van der Waals surface area (Å²) in [5.74, 6) is 0. The van der Waals surface area contributed by atoms with Gasteiger partial charge in [-0.2, -0.15) is 0 Å². The third kappa shape index (κ3) is 3.81. The molecule has 1 N–H and O–H groups in total. The molecule has 1 aromatic rings. The van der Waals surface area contributed by atoms with E-state index < -0.39 is 22.3 Å². The zero-order valence-corrected chi connectivity index (χ0v) is 10.8. The first kappa shape index (κ1) is 14.2. The highest BCUT2D eigenvalue weighted by Crippen LogP contribution is 2.26. The first-order chi connectivity index (χ1) is 7.71. The maximum Gasteiger partial charge on any atom is 0.258 e. The van der Waals surface area contributed by atoms with Crippen LogP contribution in [-0.4, -0.2) is 27.1 Å². The fraction of sp³-hybridized carbons (Fsp3) is 0.400. The molecule has 0 aliphatic carbocycles. The average Bonchev–Trinajstić information content (AvgIpc) is 2.19. The third-order valence-corrected chi connectivity index (χ3v) is 3.57. The van der Waals surface area contributed by atoms with Gasteiger partial charge in [-0.15, -0.1) is 0 Å². The molecular formula is C10H12ClF2NO2S. The van der Waals surface area contributed by atoms with E-state index in [0.29, 0.717) is 0 Å². The van der Waals surface area contributed by atoms with Gasteiger partial charge < -0.3 is 5.32 Å².